The van der Waals surface area contributed by atoms with E-state index in [2.05, 4.69) is 52.0 Å². The predicted octanol–water partition coefficient (Wildman–Crippen LogP) is 22.6. The first-order valence-electron chi connectivity index (χ1n) is 39.6. The van der Waals surface area contributed by atoms with E-state index >= 15 is 0 Å². The van der Waals surface area contributed by atoms with Crippen LogP contribution in [0.25, 0.3) is 0 Å². The van der Waals surface area contributed by atoms with E-state index in [0.29, 0.717) is 25.7 Å². The maximum atomic E-state index is 13.1. The van der Waals surface area contributed by atoms with Gasteiger partial charge in [0.2, 0.25) is 0 Å². The van der Waals surface area contributed by atoms with Gasteiger partial charge in [-0.2, -0.15) is 0 Å². The SMILES string of the molecule is CCCCCC/C=C\C=C/CCCCCCCC(=O)O[C@H](COC(=O)CCCCCCCCC)COP(=O)(O)OC[C@H](O)COP(=O)(O)OC[C@@H](COC(=O)CCCCCCCCCCCCCCCCCCC)OC(=O)CCCCCCCCCCCCCCCCCCC. The Balaban J connectivity index is 5.22. The first-order chi connectivity index (χ1) is 46.7. The molecule has 0 amide bonds. The highest BCUT2D eigenvalue weighted by molar-refractivity contribution is 7.47. The Bertz CT molecular complexity index is 1920. The summed E-state index contributed by atoms with van der Waals surface area (Å²) in [6, 6.07) is 0. The van der Waals surface area contributed by atoms with Gasteiger partial charge in [-0.1, -0.05) is 335 Å². The zero-order valence-electron chi connectivity index (χ0n) is 61.8. The second-order valence-electron chi connectivity index (χ2n) is 27.1. The lowest BCUT2D eigenvalue weighted by Crippen LogP contribution is -2.30. The van der Waals surface area contributed by atoms with Gasteiger partial charge in [0.15, 0.2) is 12.2 Å². The Labute approximate surface area is 586 Å². The number of rotatable bonds is 76. The smallest absolute Gasteiger partial charge is 0.462 e. The Morgan fingerprint density at radius 3 is 0.760 bits per heavy atom. The molecule has 0 aromatic heterocycles. The van der Waals surface area contributed by atoms with E-state index in [-0.39, 0.29) is 25.7 Å². The first kappa shape index (κ1) is 93.5. The number of hydrogen-bond donors (Lipinski definition) is 3. The van der Waals surface area contributed by atoms with Gasteiger partial charge in [-0.25, -0.2) is 9.13 Å². The lowest BCUT2D eigenvalue weighted by molar-refractivity contribution is -0.161. The monoisotopic (exact) mass is 1410 g/mol. The molecule has 0 aliphatic carbocycles. The molecule has 2 unspecified atom stereocenters. The van der Waals surface area contributed by atoms with Crippen LogP contribution in [-0.2, 0) is 65.4 Å². The number of phosphoric acid groups is 2. The average molecular weight is 1410 g/mol. The highest BCUT2D eigenvalue weighted by atomic mass is 31.2. The molecule has 0 spiro atoms. The first-order valence-corrected chi connectivity index (χ1v) is 42.6. The number of aliphatic hydroxyl groups excluding tert-OH is 1. The quantitative estimate of drug-likeness (QED) is 0.0169. The van der Waals surface area contributed by atoms with E-state index < -0.39 is 97.5 Å². The van der Waals surface area contributed by atoms with Gasteiger partial charge < -0.3 is 33.8 Å². The third kappa shape index (κ3) is 70.0. The van der Waals surface area contributed by atoms with Crippen LogP contribution in [0.1, 0.15) is 387 Å². The summed E-state index contributed by atoms with van der Waals surface area (Å²) in [5, 5.41) is 10.6. The van der Waals surface area contributed by atoms with Gasteiger partial charge in [-0.15, -0.1) is 0 Å². The molecule has 0 bridgehead atoms. The fraction of sp³-hybridized carbons (Fsp3) is 0.896. The number of carbonyl (C=O) groups is 4. The minimum atomic E-state index is -4.96. The van der Waals surface area contributed by atoms with Crippen LogP contribution in [0.4, 0.5) is 0 Å². The summed E-state index contributed by atoms with van der Waals surface area (Å²) in [4.78, 5) is 72.7. The number of esters is 4. The molecule has 0 aliphatic heterocycles. The molecular weight excluding hydrogens is 1260 g/mol. The van der Waals surface area contributed by atoms with Crippen molar-refractivity contribution in [1.29, 1.82) is 0 Å². The van der Waals surface area contributed by atoms with Crippen LogP contribution in [0, 0.1) is 0 Å². The minimum Gasteiger partial charge on any atom is -0.462 e. The molecule has 0 heterocycles. The molecule has 19 heteroatoms. The van der Waals surface area contributed by atoms with Crippen molar-refractivity contribution < 1.29 is 80.2 Å². The second-order valence-corrected chi connectivity index (χ2v) is 30.0. The highest BCUT2D eigenvalue weighted by Crippen LogP contribution is 2.45. The number of allylic oxidation sites excluding steroid dienone is 4. The van der Waals surface area contributed by atoms with Crippen molar-refractivity contribution in [2.75, 3.05) is 39.6 Å². The Morgan fingerprint density at radius 1 is 0.292 bits per heavy atom. The van der Waals surface area contributed by atoms with Crippen molar-refractivity contribution >= 4 is 39.5 Å². The van der Waals surface area contributed by atoms with Gasteiger partial charge in [-0.05, 0) is 51.4 Å². The predicted molar refractivity (Wildman–Crippen MR) is 391 cm³/mol. The van der Waals surface area contributed by atoms with Gasteiger partial charge in [0.05, 0.1) is 26.4 Å². The van der Waals surface area contributed by atoms with Gasteiger partial charge in [0.1, 0.15) is 19.3 Å². The van der Waals surface area contributed by atoms with Crippen molar-refractivity contribution in [3.63, 3.8) is 0 Å². The molecule has 0 aromatic carbocycles. The number of phosphoric ester groups is 2. The lowest BCUT2D eigenvalue weighted by atomic mass is 10.0. The number of carbonyl (C=O) groups excluding carboxylic acids is 4. The topological polar surface area (TPSA) is 237 Å². The van der Waals surface area contributed by atoms with Gasteiger partial charge >= 0.3 is 39.5 Å². The van der Waals surface area contributed by atoms with Crippen LogP contribution in [-0.4, -0.2) is 96.7 Å². The molecule has 0 saturated heterocycles. The van der Waals surface area contributed by atoms with Crippen LogP contribution in [0.15, 0.2) is 24.3 Å². The number of aliphatic hydroxyl groups is 1. The fourth-order valence-electron chi connectivity index (χ4n) is 11.4. The average Bonchev–Trinajstić information content (AvgIpc) is 3.39. The van der Waals surface area contributed by atoms with E-state index in [1.165, 1.54) is 193 Å². The summed E-state index contributed by atoms with van der Waals surface area (Å²) in [7, 11) is -9.92. The molecule has 0 fully saturated rings. The van der Waals surface area contributed by atoms with E-state index in [4.69, 9.17) is 37.0 Å². The molecule has 0 radical (unpaired) electrons. The van der Waals surface area contributed by atoms with Crippen molar-refractivity contribution in [1.82, 2.24) is 0 Å². The summed E-state index contributed by atoms with van der Waals surface area (Å²) in [6.07, 6.45) is 64.7. The van der Waals surface area contributed by atoms with Crippen molar-refractivity contribution in [2.24, 2.45) is 0 Å². The van der Waals surface area contributed by atoms with Crippen molar-refractivity contribution in [3.05, 3.63) is 24.3 Å². The van der Waals surface area contributed by atoms with Crippen LogP contribution in [0.2, 0.25) is 0 Å². The number of unbranched alkanes of at least 4 members (excludes halogenated alkanes) is 47. The van der Waals surface area contributed by atoms with E-state index in [1.54, 1.807) is 0 Å². The minimum absolute atomic E-state index is 0.0852. The Morgan fingerprint density at radius 2 is 0.500 bits per heavy atom. The fourth-order valence-corrected chi connectivity index (χ4v) is 13.0. The number of ether oxygens (including phenoxy) is 4. The third-order valence-corrected chi connectivity index (χ3v) is 19.4. The molecule has 3 N–H and O–H groups in total. The molecule has 0 rings (SSSR count). The van der Waals surface area contributed by atoms with E-state index in [9.17, 15) is 43.2 Å². The van der Waals surface area contributed by atoms with Gasteiger partial charge in [0, 0.05) is 25.7 Å². The Hall–Kier alpha value is -2.46. The largest absolute Gasteiger partial charge is 0.472 e. The molecule has 0 aliphatic rings. The zero-order chi connectivity index (χ0) is 70.4. The molecular formula is C77H146O17P2. The summed E-state index contributed by atoms with van der Waals surface area (Å²) in [5.74, 6) is -2.15. The van der Waals surface area contributed by atoms with Crippen LogP contribution < -0.4 is 0 Å². The van der Waals surface area contributed by atoms with Crippen molar-refractivity contribution in [3.8, 4) is 0 Å². The maximum Gasteiger partial charge on any atom is 0.472 e. The molecule has 566 valence electrons. The summed E-state index contributed by atoms with van der Waals surface area (Å²) < 4.78 is 68.4. The molecule has 5 atom stereocenters. The van der Waals surface area contributed by atoms with Crippen LogP contribution in [0.3, 0.4) is 0 Å². The van der Waals surface area contributed by atoms with E-state index in [0.717, 1.165) is 116 Å². The standard InChI is InChI=1S/C77H146O17P2/c1-5-9-13-17-21-24-27-30-33-35-38-40-43-46-50-54-58-62-75(80)88-68-73(94-77(82)64-60-56-52-48-45-42-39-36-34-31-28-25-22-18-14-10-6-2)70-92-96(85,86)90-66-71(78)65-89-95(83,84)91-69-72(67-87-74(79)61-57-53-49-20-16-12-8-4)93-76(81)63-59-55-51-47-44-41-37-32-29-26-23-19-15-11-7-3/h26,29,32,37,71-73,78H,5-25,27-28,30-31,33-36,38-70H2,1-4H3,(H,83,84)(H,85,86)/b29-26-,37-32-/t71-,72+,73+/m0/s1. The van der Waals surface area contributed by atoms with Crippen LogP contribution in [0.5, 0.6) is 0 Å². The highest BCUT2D eigenvalue weighted by Gasteiger charge is 2.30. The maximum absolute atomic E-state index is 13.1. The lowest BCUT2D eigenvalue weighted by Gasteiger charge is -2.21. The third-order valence-electron chi connectivity index (χ3n) is 17.5. The van der Waals surface area contributed by atoms with Crippen LogP contribution >= 0.6 is 15.6 Å². The number of hydrogen-bond acceptors (Lipinski definition) is 15. The Kier molecular flexibility index (Phi) is 69.1. The molecule has 17 nitrogen and oxygen atoms in total. The normalized spacial score (nSPS) is 14.0. The molecule has 0 aromatic rings. The molecule has 96 heavy (non-hydrogen) atoms. The zero-order valence-corrected chi connectivity index (χ0v) is 63.6. The summed E-state index contributed by atoms with van der Waals surface area (Å²) >= 11 is 0. The summed E-state index contributed by atoms with van der Waals surface area (Å²) in [6.45, 7) is 4.89. The molecule has 0 saturated carbocycles. The van der Waals surface area contributed by atoms with E-state index in [1.807, 2.05) is 0 Å². The van der Waals surface area contributed by atoms with Gasteiger partial charge in [-0.3, -0.25) is 37.3 Å². The summed E-state index contributed by atoms with van der Waals surface area (Å²) in [5.41, 5.74) is 0. The second kappa shape index (κ2) is 71.0. The van der Waals surface area contributed by atoms with Gasteiger partial charge in [0.25, 0.3) is 0 Å². The van der Waals surface area contributed by atoms with Crippen molar-refractivity contribution in [2.45, 2.75) is 406 Å².